The molecule has 0 saturated heterocycles. The van der Waals surface area contributed by atoms with E-state index in [1.807, 2.05) is 6.92 Å². The van der Waals surface area contributed by atoms with Crippen LogP contribution in [-0.4, -0.2) is 15.6 Å². The van der Waals surface area contributed by atoms with Gasteiger partial charge in [-0.15, -0.1) is 11.3 Å². The van der Waals surface area contributed by atoms with Gasteiger partial charge in [-0.3, -0.25) is 9.36 Å². The standard InChI is InChI=1S/C13H9ClN2O2S2/c1-2-16-12(18)10(20-13(16)19)9-7-5-6(14)3-4-8(7)15-11(9)17/h3-5,18H,2H2,1H3. The van der Waals surface area contributed by atoms with Crippen LogP contribution in [0.15, 0.2) is 23.2 Å². The number of amides is 1. The second-order valence-corrected chi connectivity index (χ2v) is 6.30. The highest BCUT2D eigenvalue weighted by molar-refractivity contribution is 7.73. The quantitative estimate of drug-likeness (QED) is 0.860. The van der Waals surface area contributed by atoms with Gasteiger partial charge in [0.05, 0.1) is 10.9 Å². The van der Waals surface area contributed by atoms with E-state index < -0.39 is 0 Å². The number of rotatable bonds is 2. The molecular weight excluding hydrogens is 316 g/mol. The topological polar surface area (TPSA) is 54.6 Å². The first-order valence-corrected chi connectivity index (χ1v) is 7.49. The third-order valence-corrected chi connectivity index (χ3v) is 4.77. The van der Waals surface area contributed by atoms with Crippen molar-refractivity contribution >= 4 is 46.6 Å². The van der Waals surface area contributed by atoms with Crippen LogP contribution in [0.25, 0.3) is 5.57 Å². The van der Waals surface area contributed by atoms with Crippen molar-refractivity contribution in [3.05, 3.63) is 42.6 Å². The van der Waals surface area contributed by atoms with E-state index in [0.29, 0.717) is 36.5 Å². The molecule has 102 valence electrons. The van der Waals surface area contributed by atoms with Crippen LogP contribution in [0.3, 0.4) is 0 Å². The lowest BCUT2D eigenvalue weighted by Gasteiger charge is -2.01. The Labute approximate surface area is 128 Å². The molecule has 20 heavy (non-hydrogen) atoms. The van der Waals surface area contributed by atoms with Gasteiger partial charge in [0, 0.05) is 16.8 Å². The highest BCUT2D eigenvalue weighted by atomic mass is 35.5. The number of benzene rings is 1. The molecule has 1 amide bonds. The maximum absolute atomic E-state index is 12.1. The minimum atomic E-state index is -0.378. The fourth-order valence-corrected chi connectivity index (χ4v) is 3.78. The Kier molecular flexibility index (Phi) is 3.24. The Balaban J connectivity index is 2.41. The summed E-state index contributed by atoms with van der Waals surface area (Å²) >= 11 is 12.4. The lowest BCUT2D eigenvalue weighted by atomic mass is 10.1. The summed E-state index contributed by atoms with van der Waals surface area (Å²) in [4.78, 5) is 16.5. The van der Waals surface area contributed by atoms with Crippen molar-refractivity contribution < 1.29 is 9.90 Å². The van der Waals surface area contributed by atoms with Crippen molar-refractivity contribution in [3.8, 4) is 5.88 Å². The number of carbonyl (C=O) groups excluding carboxylic acids is 1. The number of hydrogen-bond donors (Lipinski definition) is 1. The maximum atomic E-state index is 12.1. The first kappa shape index (κ1) is 13.5. The SMILES string of the molecule is CCn1c(O)c(C2=c3cc(Cl)ccc3=NC2=O)sc1=S. The molecule has 2 aromatic rings. The van der Waals surface area contributed by atoms with Crippen molar-refractivity contribution in [3.63, 3.8) is 0 Å². The number of thiazole rings is 1. The summed E-state index contributed by atoms with van der Waals surface area (Å²) in [5.41, 5.74) is 0.364. The lowest BCUT2D eigenvalue weighted by Crippen LogP contribution is -2.22. The summed E-state index contributed by atoms with van der Waals surface area (Å²) in [6.07, 6.45) is 0. The fourth-order valence-electron chi connectivity index (χ4n) is 2.14. The van der Waals surface area contributed by atoms with E-state index >= 15 is 0 Å². The molecule has 0 bridgehead atoms. The Hall–Kier alpha value is -1.50. The molecule has 0 saturated carbocycles. The Morgan fingerprint density at radius 2 is 2.25 bits per heavy atom. The summed E-state index contributed by atoms with van der Waals surface area (Å²) in [6.45, 7) is 2.42. The van der Waals surface area contributed by atoms with Crippen LogP contribution in [0.5, 0.6) is 5.88 Å². The summed E-state index contributed by atoms with van der Waals surface area (Å²) < 4.78 is 2.11. The second kappa shape index (κ2) is 4.80. The van der Waals surface area contributed by atoms with Crippen molar-refractivity contribution in [1.82, 2.24) is 4.57 Å². The van der Waals surface area contributed by atoms with Crippen molar-refractivity contribution in [2.45, 2.75) is 13.5 Å². The molecule has 2 heterocycles. The minimum Gasteiger partial charge on any atom is -0.493 e. The second-order valence-electron chi connectivity index (χ2n) is 4.22. The number of halogens is 1. The van der Waals surface area contributed by atoms with Crippen molar-refractivity contribution in [2.24, 2.45) is 4.99 Å². The van der Waals surface area contributed by atoms with Crippen LogP contribution in [-0.2, 0) is 11.3 Å². The van der Waals surface area contributed by atoms with Crippen LogP contribution in [0.4, 0.5) is 0 Å². The molecule has 3 rings (SSSR count). The number of carbonyl (C=O) groups is 1. The van der Waals surface area contributed by atoms with Gasteiger partial charge in [0.25, 0.3) is 5.91 Å². The zero-order valence-corrected chi connectivity index (χ0v) is 12.8. The van der Waals surface area contributed by atoms with E-state index in [9.17, 15) is 9.90 Å². The number of fused-ring (bicyclic) bond motifs is 1. The zero-order valence-electron chi connectivity index (χ0n) is 10.4. The zero-order chi connectivity index (χ0) is 14.4. The Morgan fingerprint density at radius 3 is 2.90 bits per heavy atom. The summed E-state index contributed by atoms with van der Waals surface area (Å²) in [5.74, 6) is -0.369. The normalized spacial score (nSPS) is 13.5. The van der Waals surface area contributed by atoms with Gasteiger partial charge in [-0.25, -0.2) is 4.99 Å². The summed E-state index contributed by atoms with van der Waals surface area (Å²) in [7, 11) is 0. The van der Waals surface area contributed by atoms with Gasteiger partial charge in [0.15, 0.2) is 3.95 Å². The maximum Gasteiger partial charge on any atom is 0.279 e. The molecule has 0 fully saturated rings. The van der Waals surface area contributed by atoms with Crippen LogP contribution in [0.1, 0.15) is 11.8 Å². The van der Waals surface area contributed by atoms with Crippen molar-refractivity contribution in [2.75, 3.05) is 0 Å². The number of aromatic nitrogens is 1. The molecule has 1 aromatic carbocycles. The smallest absolute Gasteiger partial charge is 0.279 e. The number of nitrogens with zero attached hydrogens (tertiary/aromatic N) is 2. The Morgan fingerprint density at radius 1 is 1.50 bits per heavy atom. The summed E-state index contributed by atoms with van der Waals surface area (Å²) in [5, 5.41) is 12.0. The predicted octanol–water partition coefficient (Wildman–Crippen LogP) is 2.02. The van der Waals surface area contributed by atoms with Gasteiger partial charge in [0.1, 0.15) is 4.88 Å². The van der Waals surface area contributed by atoms with E-state index in [2.05, 4.69) is 4.99 Å². The van der Waals surface area contributed by atoms with E-state index in [1.54, 1.807) is 22.8 Å². The van der Waals surface area contributed by atoms with Crippen LogP contribution >= 0.6 is 35.2 Å². The molecule has 4 nitrogen and oxygen atoms in total. The van der Waals surface area contributed by atoms with E-state index in [1.165, 1.54) is 11.3 Å². The third kappa shape index (κ3) is 1.91. The molecule has 1 N–H and O–H groups in total. The largest absolute Gasteiger partial charge is 0.493 e. The van der Waals surface area contributed by atoms with Gasteiger partial charge in [-0.2, -0.15) is 0 Å². The number of aromatic hydroxyl groups is 1. The fraction of sp³-hybridized carbons (Fsp3) is 0.154. The Bertz CT molecular complexity index is 911. The van der Waals surface area contributed by atoms with Gasteiger partial charge in [-0.1, -0.05) is 11.6 Å². The highest BCUT2D eigenvalue weighted by Gasteiger charge is 2.24. The first-order chi connectivity index (χ1) is 9.52. The van der Waals surface area contributed by atoms with Crippen LogP contribution in [0.2, 0.25) is 5.02 Å². The molecule has 1 aromatic heterocycles. The molecule has 7 heteroatoms. The summed E-state index contributed by atoms with van der Waals surface area (Å²) in [6, 6.07) is 5.05. The number of hydrogen-bond acceptors (Lipinski definition) is 4. The molecule has 1 aliphatic rings. The van der Waals surface area contributed by atoms with Gasteiger partial charge >= 0.3 is 0 Å². The molecule has 0 atom stereocenters. The van der Waals surface area contributed by atoms with E-state index in [-0.39, 0.29) is 11.8 Å². The average Bonchev–Trinajstić information content (AvgIpc) is 2.85. The highest BCUT2D eigenvalue weighted by Crippen LogP contribution is 2.32. The third-order valence-electron chi connectivity index (χ3n) is 3.08. The van der Waals surface area contributed by atoms with Crippen molar-refractivity contribution in [1.29, 1.82) is 0 Å². The molecule has 1 aliphatic heterocycles. The average molecular weight is 325 g/mol. The van der Waals surface area contributed by atoms with E-state index in [0.717, 1.165) is 0 Å². The lowest BCUT2D eigenvalue weighted by molar-refractivity contribution is -0.112. The molecular formula is C13H9ClN2O2S2. The minimum absolute atomic E-state index is 0.00822. The van der Waals surface area contributed by atoms with Gasteiger partial charge in [0.2, 0.25) is 5.88 Å². The van der Waals surface area contributed by atoms with Gasteiger partial charge < -0.3 is 5.11 Å². The monoisotopic (exact) mass is 324 g/mol. The first-order valence-electron chi connectivity index (χ1n) is 5.88. The molecule has 0 spiro atoms. The van der Waals surface area contributed by atoms with Gasteiger partial charge in [-0.05, 0) is 37.3 Å². The molecule has 0 aliphatic carbocycles. The predicted molar refractivity (Wildman–Crippen MR) is 80.2 cm³/mol. The van der Waals surface area contributed by atoms with E-state index in [4.69, 9.17) is 23.8 Å². The molecule has 0 unspecified atom stereocenters. The van der Waals surface area contributed by atoms with Crippen LogP contribution in [0, 0.1) is 3.95 Å². The van der Waals surface area contributed by atoms with Crippen LogP contribution < -0.4 is 10.6 Å². The molecule has 0 radical (unpaired) electrons.